The van der Waals surface area contributed by atoms with Gasteiger partial charge in [-0.25, -0.2) is 8.42 Å². The van der Waals surface area contributed by atoms with E-state index in [1.165, 1.54) is 0 Å². The molecule has 1 unspecified atom stereocenters. The Morgan fingerprint density at radius 2 is 2.00 bits per heavy atom. The molecule has 1 aliphatic carbocycles. The molecule has 0 saturated carbocycles. The predicted molar refractivity (Wildman–Crippen MR) is 51.5 cm³/mol. The number of carbonyl (C=O) groups excluding carboxylic acids is 1. The molecule has 0 N–H and O–H groups in total. The van der Waals surface area contributed by atoms with Gasteiger partial charge in [-0.1, -0.05) is 12.2 Å². The highest BCUT2D eigenvalue weighted by molar-refractivity contribution is 7.91. The van der Waals surface area contributed by atoms with Crippen LogP contribution in [0.1, 0.15) is 6.42 Å². The molecule has 0 aromatic rings. The summed E-state index contributed by atoms with van der Waals surface area (Å²) in [5.74, 6) is 0. The highest BCUT2D eigenvalue weighted by Gasteiger charge is 2.39. The summed E-state index contributed by atoms with van der Waals surface area (Å²) in [6.45, 7) is 0. The van der Waals surface area contributed by atoms with Crippen molar-refractivity contribution in [2.45, 2.75) is 17.8 Å². The smallest absolute Gasteiger partial charge is 0.298 e. The maximum absolute atomic E-state index is 12.5. The quantitative estimate of drug-likeness (QED) is 0.700. The number of hydrogen-bond acceptors (Lipinski definition) is 3. The molecule has 3 nitrogen and oxygen atoms in total. The largest absolute Gasteiger partial charge is 0.413 e. The van der Waals surface area contributed by atoms with Gasteiger partial charge in [0.1, 0.15) is 6.29 Å². The first-order chi connectivity index (χ1) is 7.16. The van der Waals surface area contributed by atoms with Crippen molar-refractivity contribution in [2.24, 2.45) is 0 Å². The fraction of sp³-hybridized carbons (Fsp3) is 0.444. The van der Waals surface area contributed by atoms with Crippen LogP contribution in [0.2, 0.25) is 0 Å². The lowest BCUT2D eigenvalue weighted by Crippen LogP contribution is -2.27. The number of halogens is 3. The lowest BCUT2D eigenvalue weighted by atomic mass is 9.97. The maximum atomic E-state index is 12.5. The Morgan fingerprint density at radius 1 is 1.44 bits per heavy atom. The second kappa shape index (κ2) is 4.04. The number of alkyl halides is 3. The predicted octanol–water partition coefficient (Wildman–Crippen LogP) is 1.42. The average Bonchev–Trinajstić information content (AvgIpc) is 2.14. The van der Waals surface area contributed by atoms with Gasteiger partial charge >= 0.3 is 6.18 Å². The van der Waals surface area contributed by atoms with Crippen LogP contribution in [0.25, 0.3) is 0 Å². The van der Waals surface area contributed by atoms with Gasteiger partial charge in [-0.15, -0.1) is 0 Å². The molecule has 0 aliphatic heterocycles. The summed E-state index contributed by atoms with van der Waals surface area (Å²) in [7, 11) is -3.59. The molecule has 90 valence electrons. The van der Waals surface area contributed by atoms with Crippen molar-refractivity contribution in [1.82, 2.24) is 0 Å². The first kappa shape index (κ1) is 13.0. The molecule has 7 heteroatoms. The number of carbonyl (C=O) groups is 1. The van der Waals surface area contributed by atoms with Crippen LogP contribution in [0.5, 0.6) is 0 Å². The molecule has 0 saturated heterocycles. The molecule has 0 aromatic heterocycles. The Kier molecular flexibility index (Phi) is 3.27. The van der Waals surface area contributed by atoms with Crippen molar-refractivity contribution in [3.63, 3.8) is 0 Å². The minimum Gasteiger partial charge on any atom is -0.298 e. The molecule has 0 aromatic carbocycles. The lowest BCUT2D eigenvalue weighted by molar-refractivity contribution is -0.108. The average molecular weight is 254 g/mol. The van der Waals surface area contributed by atoms with Gasteiger partial charge in [-0.3, -0.25) is 4.79 Å². The summed E-state index contributed by atoms with van der Waals surface area (Å²) in [5.41, 5.74) is -1.59. The van der Waals surface area contributed by atoms with E-state index in [9.17, 15) is 26.4 Å². The van der Waals surface area contributed by atoms with Crippen LogP contribution in [0.3, 0.4) is 0 Å². The number of sulfone groups is 1. The highest BCUT2D eigenvalue weighted by atomic mass is 32.2. The Morgan fingerprint density at radius 3 is 2.38 bits per heavy atom. The zero-order valence-electron chi connectivity index (χ0n) is 8.28. The first-order valence-corrected chi connectivity index (χ1v) is 6.24. The molecule has 1 atom stereocenters. The molecule has 0 bridgehead atoms. The van der Waals surface area contributed by atoms with Gasteiger partial charge in [-0.2, -0.15) is 13.2 Å². The molecule has 0 spiro atoms. The maximum Gasteiger partial charge on any atom is 0.413 e. The summed E-state index contributed by atoms with van der Waals surface area (Å²) in [5, 5.41) is -1.21. The fourth-order valence-electron chi connectivity index (χ4n) is 1.38. The Labute approximate surface area is 90.6 Å². The van der Waals surface area contributed by atoms with Crippen LogP contribution in [0, 0.1) is 0 Å². The van der Waals surface area contributed by atoms with E-state index in [0.717, 1.165) is 18.4 Å². The van der Waals surface area contributed by atoms with Crippen LogP contribution in [0.15, 0.2) is 23.3 Å². The van der Waals surface area contributed by atoms with Crippen LogP contribution in [-0.4, -0.2) is 32.4 Å². The van der Waals surface area contributed by atoms with Gasteiger partial charge < -0.3 is 0 Å². The van der Waals surface area contributed by atoms with Gasteiger partial charge in [0.05, 0.1) is 5.25 Å². The third-order valence-electron chi connectivity index (χ3n) is 2.26. The Balaban J connectivity index is 3.17. The Hall–Kier alpha value is -1.11. The second-order valence-corrected chi connectivity index (χ2v) is 5.75. The van der Waals surface area contributed by atoms with Gasteiger partial charge in [-0.05, 0) is 6.42 Å². The molecular weight excluding hydrogens is 245 g/mol. The zero-order chi connectivity index (χ0) is 12.6. The third kappa shape index (κ3) is 2.72. The summed E-state index contributed by atoms with van der Waals surface area (Å²) in [6.07, 6.45) is -2.42. The molecule has 1 rings (SSSR count). The van der Waals surface area contributed by atoms with Crippen molar-refractivity contribution in [3.8, 4) is 0 Å². The summed E-state index contributed by atoms with van der Waals surface area (Å²) in [4.78, 5) is 10.4. The van der Waals surface area contributed by atoms with Crippen molar-refractivity contribution in [3.05, 3.63) is 23.3 Å². The van der Waals surface area contributed by atoms with Gasteiger partial charge in [0, 0.05) is 17.4 Å². The van der Waals surface area contributed by atoms with E-state index in [0.29, 0.717) is 0 Å². The number of allylic oxidation sites excluding steroid dienone is 3. The fourth-order valence-corrected chi connectivity index (χ4v) is 2.22. The topological polar surface area (TPSA) is 51.2 Å². The molecule has 1 aliphatic rings. The number of rotatable bonds is 2. The van der Waals surface area contributed by atoms with E-state index in [1.807, 2.05) is 0 Å². The molecule has 16 heavy (non-hydrogen) atoms. The molecule has 0 heterocycles. The van der Waals surface area contributed by atoms with E-state index in [1.54, 1.807) is 0 Å². The van der Waals surface area contributed by atoms with Crippen LogP contribution in [-0.2, 0) is 14.6 Å². The standard InChI is InChI=1S/C9H9F3O3S/c1-16(14,15)7-3-2-6(5-13)8(4-7)9(10,11)12/h2-3,5,7H,4H2,1H3. The van der Waals surface area contributed by atoms with Crippen molar-refractivity contribution >= 4 is 16.1 Å². The minimum atomic E-state index is -4.68. The summed E-state index contributed by atoms with van der Waals surface area (Å²) >= 11 is 0. The van der Waals surface area contributed by atoms with Gasteiger partial charge in [0.2, 0.25) is 0 Å². The number of aldehydes is 1. The summed E-state index contributed by atoms with van der Waals surface area (Å²) < 4.78 is 59.7. The molecule has 0 radical (unpaired) electrons. The molecular formula is C9H9F3O3S. The normalized spacial score (nSPS) is 22.4. The van der Waals surface area contributed by atoms with E-state index < -0.39 is 38.8 Å². The van der Waals surface area contributed by atoms with E-state index >= 15 is 0 Å². The second-order valence-electron chi connectivity index (χ2n) is 3.48. The Bertz CT molecular complexity index is 457. The van der Waals surface area contributed by atoms with Gasteiger partial charge in [0.25, 0.3) is 0 Å². The number of hydrogen-bond donors (Lipinski definition) is 0. The minimum absolute atomic E-state index is 0.0812. The van der Waals surface area contributed by atoms with Crippen molar-refractivity contribution in [2.75, 3.05) is 6.26 Å². The monoisotopic (exact) mass is 254 g/mol. The zero-order valence-corrected chi connectivity index (χ0v) is 9.10. The van der Waals surface area contributed by atoms with E-state index in [2.05, 4.69) is 0 Å². The van der Waals surface area contributed by atoms with E-state index in [-0.39, 0.29) is 6.29 Å². The van der Waals surface area contributed by atoms with E-state index in [4.69, 9.17) is 0 Å². The van der Waals surface area contributed by atoms with Crippen molar-refractivity contribution < 1.29 is 26.4 Å². The van der Waals surface area contributed by atoms with Gasteiger partial charge in [0.15, 0.2) is 9.84 Å². The summed E-state index contributed by atoms with van der Waals surface area (Å²) in [6, 6.07) is 0. The van der Waals surface area contributed by atoms with Crippen LogP contribution >= 0.6 is 0 Å². The van der Waals surface area contributed by atoms with Crippen molar-refractivity contribution in [1.29, 1.82) is 0 Å². The SMILES string of the molecule is CS(=O)(=O)C1C=CC(C=O)=C(C(F)(F)F)C1. The highest BCUT2D eigenvalue weighted by Crippen LogP contribution is 2.35. The molecule has 0 fully saturated rings. The molecule has 0 amide bonds. The first-order valence-electron chi connectivity index (χ1n) is 4.29. The lowest BCUT2D eigenvalue weighted by Gasteiger charge is -2.21. The third-order valence-corrected chi connectivity index (χ3v) is 3.69. The van der Waals surface area contributed by atoms with Crippen LogP contribution < -0.4 is 0 Å². The van der Waals surface area contributed by atoms with Crippen LogP contribution in [0.4, 0.5) is 13.2 Å².